The molecule has 0 saturated heterocycles. The SMILES string of the molecule is COCCC(C)CC(C)CNC1CC1. The molecule has 2 atom stereocenters. The number of ether oxygens (including phenoxy) is 1. The van der Waals surface area contributed by atoms with E-state index in [-0.39, 0.29) is 0 Å². The topological polar surface area (TPSA) is 21.3 Å². The lowest BCUT2D eigenvalue weighted by Gasteiger charge is -2.17. The molecule has 0 aromatic rings. The average molecular weight is 199 g/mol. The second-order valence-corrected chi connectivity index (χ2v) is 4.91. The van der Waals surface area contributed by atoms with Gasteiger partial charge in [-0.3, -0.25) is 0 Å². The third-order valence-electron chi connectivity index (χ3n) is 2.95. The fourth-order valence-corrected chi connectivity index (χ4v) is 1.86. The molecule has 2 unspecified atom stereocenters. The van der Waals surface area contributed by atoms with Gasteiger partial charge in [0, 0.05) is 19.8 Å². The van der Waals surface area contributed by atoms with Crippen LogP contribution in [0.3, 0.4) is 0 Å². The summed E-state index contributed by atoms with van der Waals surface area (Å²) < 4.78 is 5.09. The Bertz CT molecular complexity index is 145. The molecule has 14 heavy (non-hydrogen) atoms. The predicted molar refractivity (Wildman–Crippen MR) is 60.5 cm³/mol. The maximum Gasteiger partial charge on any atom is 0.0464 e. The van der Waals surface area contributed by atoms with Gasteiger partial charge in [-0.25, -0.2) is 0 Å². The van der Waals surface area contributed by atoms with Gasteiger partial charge >= 0.3 is 0 Å². The third-order valence-corrected chi connectivity index (χ3v) is 2.95. The molecule has 0 amide bonds. The van der Waals surface area contributed by atoms with Crippen molar-refractivity contribution in [2.75, 3.05) is 20.3 Å². The van der Waals surface area contributed by atoms with Gasteiger partial charge in [-0.05, 0) is 44.1 Å². The van der Waals surface area contributed by atoms with Crippen LogP contribution in [0.1, 0.15) is 39.5 Å². The molecule has 1 fully saturated rings. The van der Waals surface area contributed by atoms with E-state index < -0.39 is 0 Å². The van der Waals surface area contributed by atoms with E-state index >= 15 is 0 Å². The van der Waals surface area contributed by atoms with Crippen LogP contribution in [0.15, 0.2) is 0 Å². The third kappa shape index (κ3) is 5.61. The molecule has 0 aromatic carbocycles. The van der Waals surface area contributed by atoms with Gasteiger partial charge in [0.15, 0.2) is 0 Å². The van der Waals surface area contributed by atoms with Crippen molar-refractivity contribution < 1.29 is 4.74 Å². The van der Waals surface area contributed by atoms with E-state index in [0.717, 1.165) is 24.5 Å². The van der Waals surface area contributed by atoms with Crippen molar-refractivity contribution in [2.24, 2.45) is 11.8 Å². The van der Waals surface area contributed by atoms with Crippen molar-refractivity contribution in [1.29, 1.82) is 0 Å². The number of hydrogen-bond acceptors (Lipinski definition) is 2. The molecular weight excluding hydrogens is 174 g/mol. The summed E-state index contributed by atoms with van der Waals surface area (Å²) in [5.41, 5.74) is 0. The van der Waals surface area contributed by atoms with Crippen LogP contribution in [0.5, 0.6) is 0 Å². The molecule has 0 aromatic heterocycles. The normalized spacial score (nSPS) is 20.8. The van der Waals surface area contributed by atoms with Crippen LogP contribution in [0, 0.1) is 11.8 Å². The quantitative estimate of drug-likeness (QED) is 0.648. The Labute approximate surface area is 88.4 Å². The van der Waals surface area contributed by atoms with E-state index in [9.17, 15) is 0 Å². The number of methoxy groups -OCH3 is 1. The standard InChI is InChI=1S/C12H25NO/c1-10(6-7-14-3)8-11(2)9-13-12-4-5-12/h10-13H,4-9H2,1-3H3. The predicted octanol–water partition coefficient (Wildman–Crippen LogP) is 2.44. The highest BCUT2D eigenvalue weighted by Crippen LogP contribution is 2.20. The summed E-state index contributed by atoms with van der Waals surface area (Å²) in [6, 6.07) is 0.853. The molecule has 0 heterocycles. The van der Waals surface area contributed by atoms with Crippen LogP contribution in [0.2, 0.25) is 0 Å². The molecule has 1 saturated carbocycles. The Hall–Kier alpha value is -0.0800. The van der Waals surface area contributed by atoms with E-state index in [1.165, 1.54) is 32.2 Å². The first-order valence-corrected chi connectivity index (χ1v) is 5.94. The second-order valence-electron chi connectivity index (χ2n) is 4.91. The van der Waals surface area contributed by atoms with Crippen LogP contribution in [0.4, 0.5) is 0 Å². The summed E-state index contributed by atoms with van der Waals surface area (Å²) in [4.78, 5) is 0. The molecule has 1 N–H and O–H groups in total. The van der Waals surface area contributed by atoms with Crippen LogP contribution >= 0.6 is 0 Å². The van der Waals surface area contributed by atoms with E-state index in [1.54, 1.807) is 7.11 Å². The lowest BCUT2D eigenvalue weighted by molar-refractivity contribution is 0.174. The van der Waals surface area contributed by atoms with Gasteiger partial charge in [0.2, 0.25) is 0 Å². The lowest BCUT2D eigenvalue weighted by Crippen LogP contribution is -2.24. The molecule has 2 heteroatoms. The van der Waals surface area contributed by atoms with E-state index in [2.05, 4.69) is 19.2 Å². The minimum absolute atomic E-state index is 0.797. The Morgan fingerprint density at radius 1 is 1.29 bits per heavy atom. The summed E-state index contributed by atoms with van der Waals surface area (Å²) >= 11 is 0. The largest absolute Gasteiger partial charge is 0.385 e. The van der Waals surface area contributed by atoms with Gasteiger partial charge in [-0.2, -0.15) is 0 Å². The van der Waals surface area contributed by atoms with Gasteiger partial charge in [-0.15, -0.1) is 0 Å². The first kappa shape index (κ1) is 12.0. The lowest BCUT2D eigenvalue weighted by atomic mass is 9.95. The molecular formula is C12H25NO. The van der Waals surface area contributed by atoms with Gasteiger partial charge in [0.25, 0.3) is 0 Å². The molecule has 1 aliphatic carbocycles. The average Bonchev–Trinajstić information content (AvgIpc) is 2.95. The molecule has 0 spiro atoms. The van der Waals surface area contributed by atoms with Crippen LogP contribution in [0.25, 0.3) is 0 Å². The fourth-order valence-electron chi connectivity index (χ4n) is 1.86. The zero-order chi connectivity index (χ0) is 10.4. The minimum Gasteiger partial charge on any atom is -0.385 e. The van der Waals surface area contributed by atoms with Crippen molar-refractivity contribution in [3.05, 3.63) is 0 Å². The van der Waals surface area contributed by atoms with Gasteiger partial charge < -0.3 is 10.1 Å². The van der Waals surface area contributed by atoms with Crippen molar-refractivity contribution >= 4 is 0 Å². The first-order chi connectivity index (χ1) is 6.72. The summed E-state index contributed by atoms with van der Waals surface area (Å²) in [6.45, 7) is 6.78. The van der Waals surface area contributed by atoms with Gasteiger partial charge in [-0.1, -0.05) is 13.8 Å². The Balaban J connectivity index is 1.96. The fraction of sp³-hybridized carbons (Fsp3) is 1.00. The van der Waals surface area contributed by atoms with Crippen LogP contribution < -0.4 is 5.32 Å². The molecule has 0 bridgehead atoms. The van der Waals surface area contributed by atoms with Gasteiger partial charge in [0.1, 0.15) is 0 Å². The highest BCUT2D eigenvalue weighted by atomic mass is 16.5. The van der Waals surface area contributed by atoms with Crippen LogP contribution in [-0.4, -0.2) is 26.3 Å². The molecule has 1 rings (SSSR count). The van der Waals surface area contributed by atoms with Crippen molar-refractivity contribution in [2.45, 2.75) is 45.6 Å². The molecule has 0 aliphatic heterocycles. The van der Waals surface area contributed by atoms with E-state index in [0.29, 0.717) is 0 Å². The Morgan fingerprint density at radius 3 is 2.57 bits per heavy atom. The van der Waals surface area contributed by atoms with Crippen molar-refractivity contribution in [3.63, 3.8) is 0 Å². The zero-order valence-electron chi connectivity index (χ0n) is 9.88. The van der Waals surface area contributed by atoms with Crippen molar-refractivity contribution in [1.82, 2.24) is 5.32 Å². The summed E-state index contributed by atoms with van der Waals surface area (Å²) in [5.74, 6) is 1.61. The maximum atomic E-state index is 5.09. The monoisotopic (exact) mass is 199 g/mol. The zero-order valence-corrected chi connectivity index (χ0v) is 9.88. The Morgan fingerprint density at radius 2 is 2.00 bits per heavy atom. The molecule has 2 nitrogen and oxygen atoms in total. The number of nitrogens with one attached hydrogen (secondary N) is 1. The molecule has 1 aliphatic rings. The minimum atomic E-state index is 0.797. The second kappa shape index (κ2) is 6.41. The summed E-state index contributed by atoms with van der Waals surface area (Å²) in [6.07, 6.45) is 5.31. The van der Waals surface area contributed by atoms with E-state index in [1.807, 2.05) is 0 Å². The summed E-state index contributed by atoms with van der Waals surface area (Å²) in [7, 11) is 1.78. The number of hydrogen-bond donors (Lipinski definition) is 1. The molecule has 84 valence electrons. The molecule has 0 radical (unpaired) electrons. The Kier molecular flexibility index (Phi) is 5.49. The smallest absolute Gasteiger partial charge is 0.0464 e. The number of rotatable bonds is 8. The summed E-state index contributed by atoms with van der Waals surface area (Å²) in [5, 5.41) is 3.59. The van der Waals surface area contributed by atoms with Crippen LogP contribution in [-0.2, 0) is 4.74 Å². The highest BCUT2D eigenvalue weighted by Gasteiger charge is 2.21. The highest BCUT2D eigenvalue weighted by molar-refractivity contribution is 4.81. The van der Waals surface area contributed by atoms with Gasteiger partial charge in [0.05, 0.1) is 0 Å². The maximum absolute atomic E-state index is 5.09. The first-order valence-electron chi connectivity index (χ1n) is 5.94. The van der Waals surface area contributed by atoms with Crippen molar-refractivity contribution in [3.8, 4) is 0 Å². The van der Waals surface area contributed by atoms with E-state index in [4.69, 9.17) is 4.74 Å².